The summed E-state index contributed by atoms with van der Waals surface area (Å²) in [4.78, 5) is 2.40. The molecule has 0 spiro atoms. The maximum atomic E-state index is 6.60. The zero-order valence-corrected chi connectivity index (χ0v) is 28.4. The maximum absolute atomic E-state index is 6.60. The van der Waals surface area contributed by atoms with Gasteiger partial charge in [0.15, 0.2) is 0 Å². The van der Waals surface area contributed by atoms with E-state index in [9.17, 15) is 0 Å². The third-order valence-electron chi connectivity index (χ3n) is 10.3. The number of nitrogens with zero attached hydrogens (tertiary/aromatic N) is 1. The van der Waals surface area contributed by atoms with Gasteiger partial charge in [-0.2, -0.15) is 0 Å². The lowest BCUT2D eigenvalue weighted by Crippen LogP contribution is -2.10. The molecule has 2 heteroatoms. The van der Waals surface area contributed by atoms with Crippen LogP contribution in [0.4, 0.5) is 17.1 Å². The van der Waals surface area contributed by atoms with Gasteiger partial charge in [-0.05, 0) is 80.4 Å². The van der Waals surface area contributed by atoms with E-state index in [0.29, 0.717) is 0 Å². The first-order valence-electron chi connectivity index (χ1n) is 17.8. The quantitative estimate of drug-likeness (QED) is 0.165. The summed E-state index contributed by atoms with van der Waals surface area (Å²) in [7, 11) is 0. The molecule has 1 heterocycles. The standard InChI is InChI=1S/C50H33NO/c1-3-12-34(13-4-1)36-22-27-39(28-23-36)51(40-29-24-37(25-30-40)35-14-5-2-6-15-35)47-33-32-43(49-41-17-8-7-16-38(41)26-31-46(47)49)45-20-11-19-44-42-18-9-10-21-48(42)52-50(44)45/h1-33H. The lowest BCUT2D eigenvalue weighted by Gasteiger charge is -2.28. The van der Waals surface area contributed by atoms with Crippen LogP contribution in [-0.4, -0.2) is 0 Å². The number of para-hydroxylation sites is 2. The summed E-state index contributed by atoms with van der Waals surface area (Å²) >= 11 is 0. The SMILES string of the molecule is c1ccc(-c2ccc(N(c3ccc(-c4ccccc4)cc3)c3ccc(-c4cccc5c4oc4ccccc45)c4c3ccc3ccccc34)cc2)cc1. The molecule has 0 bridgehead atoms. The molecule has 0 amide bonds. The van der Waals surface area contributed by atoms with Crippen molar-refractivity contribution in [2.45, 2.75) is 0 Å². The zero-order chi connectivity index (χ0) is 34.4. The fraction of sp³-hybridized carbons (Fsp3) is 0. The summed E-state index contributed by atoms with van der Waals surface area (Å²) in [5.41, 5.74) is 12.1. The van der Waals surface area contributed by atoms with E-state index in [4.69, 9.17) is 4.42 Å². The topological polar surface area (TPSA) is 16.4 Å². The Balaban J connectivity index is 1.21. The van der Waals surface area contributed by atoms with E-state index in [1.165, 1.54) is 43.8 Å². The van der Waals surface area contributed by atoms with Gasteiger partial charge in [-0.15, -0.1) is 0 Å². The van der Waals surface area contributed by atoms with Crippen molar-refractivity contribution >= 4 is 60.5 Å². The first-order chi connectivity index (χ1) is 25.8. The van der Waals surface area contributed by atoms with Gasteiger partial charge in [-0.1, -0.05) is 164 Å². The summed E-state index contributed by atoms with van der Waals surface area (Å²) in [5, 5.41) is 7.05. The predicted molar refractivity (Wildman–Crippen MR) is 220 cm³/mol. The smallest absolute Gasteiger partial charge is 0.143 e. The highest BCUT2D eigenvalue weighted by atomic mass is 16.3. The normalized spacial score (nSPS) is 11.5. The Morgan fingerprint density at radius 3 is 1.56 bits per heavy atom. The lowest BCUT2D eigenvalue weighted by molar-refractivity contribution is 0.670. The van der Waals surface area contributed by atoms with E-state index < -0.39 is 0 Å². The van der Waals surface area contributed by atoms with Crippen LogP contribution < -0.4 is 4.90 Å². The molecule has 0 saturated carbocycles. The predicted octanol–water partition coefficient (Wildman–Crippen LogP) is 14.4. The van der Waals surface area contributed by atoms with Crippen molar-refractivity contribution in [3.05, 3.63) is 200 Å². The number of hydrogen-bond acceptors (Lipinski definition) is 2. The Hall–Kier alpha value is -6.90. The van der Waals surface area contributed by atoms with Crippen molar-refractivity contribution in [2.75, 3.05) is 4.90 Å². The second-order valence-corrected chi connectivity index (χ2v) is 13.3. The van der Waals surface area contributed by atoms with Crippen LogP contribution in [0, 0.1) is 0 Å². The molecule has 9 aromatic carbocycles. The molecule has 10 aromatic rings. The fourth-order valence-corrected chi connectivity index (χ4v) is 7.78. The summed E-state index contributed by atoms with van der Waals surface area (Å²) in [5.74, 6) is 0. The van der Waals surface area contributed by atoms with Crippen molar-refractivity contribution in [3.8, 4) is 33.4 Å². The lowest BCUT2D eigenvalue weighted by atomic mass is 9.91. The average Bonchev–Trinajstić information content (AvgIpc) is 3.61. The minimum absolute atomic E-state index is 0.903. The van der Waals surface area contributed by atoms with Crippen LogP contribution in [0.15, 0.2) is 205 Å². The molecule has 2 nitrogen and oxygen atoms in total. The van der Waals surface area contributed by atoms with Crippen molar-refractivity contribution < 1.29 is 4.42 Å². The van der Waals surface area contributed by atoms with Gasteiger partial charge in [0.25, 0.3) is 0 Å². The highest BCUT2D eigenvalue weighted by molar-refractivity contribution is 6.21. The summed E-state index contributed by atoms with van der Waals surface area (Å²) in [6.07, 6.45) is 0. The number of anilines is 3. The molecule has 0 atom stereocenters. The molecule has 244 valence electrons. The van der Waals surface area contributed by atoms with Crippen LogP contribution in [0.25, 0.3) is 76.9 Å². The van der Waals surface area contributed by atoms with Crippen LogP contribution in [0.5, 0.6) is 0 Å². The molecular formula is C50H33NO. The zero-order valence-electron chi connectivity index (χ0n) is 28.4. The van der Waals surface area contributed by atoms with Gasteiger partial charge in [-0.25, -0.2) is 0 Å². The van der Waals surface area contributed by atoms with E-state index in [2.05, 4.69) is 199 Å². The number of benzene rings is 9. The average molecular weight is 664 g/mol. The molecule has 0 saturated heterocycles. The minimum atomic E-state index is 0.903. The molecule has 0 N–H and O–H groups in total. The molecule has 0 aliphatic rings. The van der Waals surface area contributed by atoms with Crippen LogP contribution in [0.1, 0.15) is 0 Å². The monoisotopic (exact) mass is 663 g/mol. The van der Waals surface area contributed by atoms with Crippen molar-refractivity contribution in [3.63, 3.8) is 0 Å². The van der Waals surface area contributed by atoms with E-state index in [-0.39, 0.29) is 0 Å². The molecule has 0 aliphatic heterocycles. The van der Waals surface area contributed by atoms with Crippen LogP contribution >= 0.6 is 0 Å². The molecule has 0 unspecified atom stereocenters. The van der Waals surface area contributed by atoms with Crippen molar-refractivity contribution in [2.24, 2.45) is 0 Å². The molecule has 0 aliphatic carbocycles. The molecule has 10 rings (SSSR count). The van der Waals surface area contributed by atoms with E-state index in [1.807, 2.05) is 6.07 Å². The van der Waals surface area contributed by atoms with E-state index in [0.717, 1.165) is 50.1 Å². The van der Waals surface area contributed by atoms with E-state index >= 15 is 0 Å². The second-order valence-electron chi connectivity index (χ2n) is 13.3. The summed E-state index contributed by atoms with van der Waals surface area (Å²) in [6.45, 7) is 0. The highest BCUT2D eigenvalue weighted by Crippen LogP contribution is 2.46. The Bertz CT molecular complexity index is 2790. The number of hydrogen-bond donors (Lipinski definition) is 0. The first kappa shape index (κ1) is 30.0. The Morgan fingerprint density at radius 2 is 0.885 bits per heavy atom. The fourth-order valence-electron chi connectivity index (χ4n) is 7.78. The Morgan fingerprint density at radius 1 is 0.327 bits per heavy atom. The van der Waals surface area contributed by atoms with Gasteiger partial charge >= 0.3 is 0 Å². The van der Waals surface area contributed by atoms with Crippen LogP contribution in [0.3, 0.4) is 0 Å². The third-order valence-corrected chi connectivity index (χ3v) is 10.3. The van der Waals surface area contributed by atoms with Gasteiger partial charge in [0.05, 0.1) is 5.69 Å². The molecule has 0 fully saturated rings. The number of fused-ring (bicyclic) bond motifs is 6. The molecule has 0 radical (unpaired) electrons. The van der Waals surface area contributed by atoms with Crippen molar-refractivity contribution in [1.82, 2.24) is 0 Å². The number of rotatable bonds is 6. The van der Waals surface area contributed by atoms with Gasteiger partial charge in [0, 0.05) is 33.1 Å². The highest BCUT2D eigenvalue weighted by Gasteiger charge is 2.21. The van der Waals surface area contributed by atoms with Gasteiger partial charge in [-0.3, -0.25) is 0 Å². The van der Waals surface area contributed by atoms with Gasteiger partial charge < -0.3 is 9.32 Å². The Kier molecular flexibility index (Phi) is 7.18. The molecule has 52 heavy (non-hydrogen) atoms. The second kappa shape index (κ2) is 12.5. The van der Waals surface area contributed by atoms with Gasteiger partial charge in [0.1, 0.15) is 11.2 Å². The maximum Gasteiger partial charge on any atom is 0.143 e. The third kappa shape index (κ3) is 5.04. The van der Waals surface area contributed by atoms with E-state index in [1.54, 1.807) is 0 Å². The number of furan rings is 1. The summed E-state index contributed by atoms with van der Waals surface area (Å²) in [6, 6.07) is 71.6. The van der Waals surface area contributed by atoms with Crippen LogP contribution in [-0.2, 0) is 0 Å². The largest absolute Gasteiger partial charge is 0.455 e. The van der Waals surface area contributed by atoms with Gasteiger partial charge in [0.2, 0.25) is 0 Å². The Labute approximate surface area is 302 Å². The summed E-state index contributed by atoms with van der Waals surface area (Å²) < 4.78 is 6.60. The molecular weight excluding hydrogens is 631 g/mol. The minimum Gasteiger partial charge on any atom is -0.455 e. The molecule has 1 aromatic heterocycles. The first-order valence-corrected chi connectivity index (χ1v) is 17.8. The van der Waals surface area contributed by atoms with Crippen molar-refractivity contribution in [1.29, 1.82) is 0 Å². The van der Waals surface area contributed by atoms with Crippen LogP contribution in [0.2, 0.25) is 0 Å².